The number of hydrogen-bond acceptors (Lipinski definition) is 4. The number of aryl methyl sites for hydroxylation is 1. The van der Waals surface area contributed by atoms with Crippen molar-refractivity contribution in [1.29, 1.82) is 0 Å². The molecule has 0 aliphatic carbocycles. The van der Waals surface area contributed by atoms with Gasteiger partial charge in [-0.1, -0.05) is 18.2 Å². The predicted octanol–water partition coefficient (Wildman–Crippen LogP) is 1.60. The maximum absolute atomic E-state index is 12.0. The minimum atomic E-state index is -0.610. The molecule has 0 saturated heterocycles. The molecule has 0 bridgehead atoms. The second kappa shape index (κ2) is 7.07. The number of nitrogens with two attached hydrogens (primary N) is 1. The summed E-state index contributed by atoms with van der Waals surface area (Å²) in [5, 5.41) is 3.44. The molecule has 0 spiro atoms. The van der Waals surface area contributed by atoms with Crippen molar-refractivity contribution in [1.82, 2.24) is 5.32 Å². The highest BCUT2D eigenvalue weighted by Crippen LogP contribution is 2.18. The molecule has 6 heteroatoms. The van der Waals surface area contributed by atoms with Gasteiger partial charge in [0.05, 0.1) is 0 Å². The van der Waals surface area contributed by atoms with Gasteiger partial charge in [0.2, 0.25) is 0 Å². The Kier molecular flexibility index (Phi) is 5.73. The number of fused-ring (bicyclic) bond motifs is 1. The van der Waals surface area contributed by atoms with Gasteiger partial charge in [-0.05, 0) is 31.5 Å². The Labute approximate surface area is 122 Å². The minimum Gasteiger partial charge on any atom is -0.422 e. The zero-order valence-electron chi connectivity index (χ0n) is 11.1. The summed E-state index contributed by atoms with van der Waals surface area (Å²) >= 11 is 0. The Morgan fingerprint density at radius 3 is 2.75 bits per heavy atom. The summed E-state index contributed by atoms with van der Waals surface area (Å²) in [6, 6.07) is 7.15. The highest BCUT2D eigenvalue weighted by Gasteiger charge is 2.17. The van der Waals surface area contributed by atoms with E-state index in [0.29, 0.717) is 30.7 Å². The fraction of sp³-hybridized carbons (Fsp3) is 0.286. The first-order valence-corrected chi connectivity index (χ1v) is 6.16. The van der Waals surface area contributed by atoms with Gasteiger partial charge in [0, 0.05) is 11.9 Å². The molecule has 0 atom stereocenters. The number of amides is 1. The van der Waals surface area contributed by atoms with Crippen molar-refractivity contribution in [3.05, 3.63) is 45.8 Å². The highest BCUT2D eigenvalue weighted by atomic mass is 35.5. The van der Waals surface area contributed by atoms with Crippen molar-refractivity contribution in [2.24, 2.45) is 5.73 Å². The Hall–Kier alpha value is -1.85. The standard InChI is InChI=1S/C14H16N2O3.ClH/c1-9-10-5-2-3-6-11(10)19-14(18)12(9)13(17)16-8-4-7-15;/h2-3,5-6H,4,7-8,15H2,1H3,(H,16,17);1H. The topological polar surface area (TPSA) is 85.3 Å². The molecule has 0 saturated carbocycles. The Bertz CT molecular complexity index is 667. The SMILES string of the molecule is Cc1c(C(=O)NCCCN)c(=O)oc2ccccc12.Cl. The monoisotopic (exact) mass is 296 g/mol. The van der Waals surface area contributed by atoms with E-state index in [1.54, 1.807) is 19.1 Å². The molecule has 5 nitrogen and oxygen atoms in total. The van der Waals surface area contributed by atoms with E-state index in [-0.39, 0.29) is 18.0 Å². The molecule has 2 aromatic rings. The first-order valence-electron chi connectivity index (χ1n) is 6.16. The molecule has 0 radical (unpaired) electrons. The number of carbonyl (C=O) groups is 1. The van der Waals surface area contributed by atoms with Crippen LogP contribution in [0.3, 0.4) is 0 Å². The number of nitrogens with one attached hydrogen (secondary N) is 1. The normalized spacial score (nSPS) is 10.1. The second-order valence-electron chi connectivity index (χ2n) is 4.28. The summed E-state index contributed by atoms with van der Waals surface area (Å²) in [6.45, 7) is 2.68. The van der Waals surface area contributed by atoms with Crippen LogP contribution in [0.15, 0.2) is 33.5 Å². The quantitative estimate of drug-likeness (QED) is 0.663. The Morgan fingerprint density at radius 1 is 1.35 bits per heavy atom. The lowest BCUT2D eigenvalue weighted by Crippen LogP contribution is -2.31. The third kappa shape index (κ3) is 3.18. The molecule has 2 rings (SSSR count). The summed E-state index contributed by atoms with van der Waals surface area (Å²) in [7, 11) is 0. The van der Waals surface area contributed by atoms with Crippen molar-refractivity contribution >= 4 is 29.3 Å². The van der Waals surface area contributed by atoms with Crippen molar-refractivity contribution in [2.45, 2.75) is 13.3 Å². The lowest BCUT2D eigenvalue weighted by molar-refractivity contribution is 0.0949. The van der Waals surface area contributed by atoms with Crippen LogP contribution in [-0.4, -0.2) is 19.0 Å². The lowest BCUT2D eigenvalue weighted by atomic mass is 10.1. The summed E-state index contributed by atoms with van der Waals surface area (Å²) < 4.78 is 5.16. The molecule has 1 amide bonds. The molecule has 3 N–H and O–H groups in total. The Morgan fingerprint density at radius 2 is 2.05 bits per heavy atom. The van der Waals surface area contributed by atoms with Gasteiger partial charge in [-0.2, -0.15) is 0 Å². The molecule has 1 aromatic carbocycles. The van der Waals surface area contributed by atoms with Crippen LogP contribution in [0.4, 0.5) is 0 Å². The van der Waals surface area contributed by atoms with E-state index in [1.807, 2.05) is 12.1 Å². The van der Waals surface area contributed by atoms with E-state index < -0.39 is 11.5 Å². The number of para-hydroxylation sites is 1. The fourth-order valence-electron chi connectivity index (χ4n) is 1.96. The number of carbonyl (C=O) groups excluding carboxylic acids is 1. The maximum atomic E-state index is 12.0. The lowest BCUT2D eigenvalue weighted by Gasteiger charge is -2.08. The van der Waals surface area contributed by atoms with Crippen LogP contribution < -0.4 is 16.7 Å². The van der Waals surface area contributed by atoms with E-state index in [0.717, 1.165) is 5.39 Å². The zero-order valence-corrected chi connectivity index (χ0v) is 12.0. The van der Waals surface area contributed by atoms with Crippen LogP contribution in [0.2, 0.25) is 0 Å². The van der Waals surface area contributed by atoms with E-state index in [1.165, 1.54) is 0 Å². The summed E-state index contributed by atoms with van der Waals surface area (Å²) in [5.41, 5.74) is 5.94. The zero-order chi connectivity index (χ0) is 13.8. The second-order valence-corrected chi connectivity index (χ2v) is 4.28. The van der Waals surface area contributed by atoms with Crippen molar-refractivity contribution in [3.8, 4) is 0 Å². The van der Waals surface area contributed by atoms with Gasteiger partial charge in [-0.15, -0.1) is 12.4 Å². The van der Waals surface area contributed by atoms with E-state index >= 15 is 0 Å². The van der Waals surface area contributed by atoms with Crippen LogP contribution in [0.1, 0.15) is 22.3 Å². The van der Waals surface area contributed by atoms with Gasteiger partial charge in [-0.25, -0.2) is 4.79 Å². The largest absolute Gasteiger partial charge is 0.422 e. The molecule has 0 unspecified atom stereocenters. The molecule has 0 aliphatic rings. The predicted molar refractivity (Wildman–Crippen MR) is 80.5 cm³/mol. The molecular weight excluding hydrogens is 280 g/mol. The van der Waals surface area contributed by atoms with Gasteiger partial charge in [0.25, 0.3) is 5.91 Å². The van der Waals surface area contributed by atoms with Gasteiger partial charge in [-0.3, -0.25) is 4.79 Å². The third-order valence-corrected chi connectivity index (χ3v) is 2.97. The number of rotatable bonds is 4. The maximum Gasteiger partial charge on any atom is 0.349 e. The van der Waals surface area contributed by atoms with Gasteiger partial charge >= 0.3 is 5.63 Å². The molecule has 1 aromatic heterocycles. The third-order valence-electron chi connectivity index (χ3n) is 2.97. The van der Waals surface area contributed by atoms with Crippen molar-refractivity contribution in [2.75, 3.05) is 13.1 Å². The molecule has 0 aliphatic heterocycles. The first-order chi connectivity index (χ1) is 9.15. The summed E-state index contributed by atoms with van der Waals surface area (Å²) in [6.07, 6.45) is 0.670. The van der Waals surface area contributed by atoms with Gasteiger partial charge in [0.15, 0.2) is 0 Å². The van der Waals surface area contributed by atoms with E-state index in [4.69, 9.17) is 10.2 Å². The number of hydrogen-bond donors (Lipinski definition) is 2. The summed E-state index contributed by atoms with van der Waals surface area (Å²) in [4.78, 5) is 23.9. The average Bonchev–Trinajstić information content (AvgIpc) is 2.39. The van der Waals surface area contributed by atoms with E-state index in [2.05, 4.69) is 5.32 Å². The molecule has 1 heterocycles. The van der Waals surface area contributed by atoms with Crippen LogP contribution in [0, 0.1) is 6.92 Å². The van der Waals surface area contributed by atoms with Crippen molar-refractivity contribution in [3.63, 3.8) is 0 Å². The highest BCUT2D eigenvalue weighted by molar-refractivity contribution is 5.99. The van der Waals surface area contributed by atoms with Crippen LogP contribution in [0.5, 0.6) is 0 Å². The average molecular weight is 297 g/mol. The van der Waals surface area contributed by atoms with Crippen LogP contribution in [0.25, 0.3) is 11.0 Å². The summed E-state index contributed by atoms with van der Waals surface area (Å²) in [5.74, 6) is -0.412. The smallest absolute Gasteiger partial charge is 0.349 e. The number of halogens is 1. The van der Waals surface area contributed by atoms with Crippen LogP contribution >= 0.6 is 12.4 Å². The van der Waals surface area contributed by atoms with Gasteiger partial charge in [0.1, 0.15) is 11.1 Å². The first kappa shape index (κ1) is 16.2. The Balaban J connectivity index is 0.00000200. The molecular formula is C14H17ClN2O3. The van der Waals surface area contributed by atoms with Crippen molar-refractivity contribution < 1.29 is 9.21 Å². The minimum absolute atomic E-state index is 0. The molecule has 0 fully saturated rings. The molecule has 108 valence electrons. The fourth-order valence-corrected chi connectivity index (χ4v) is 1.96. The number of benzene rings is 1. The molecule has 20 heavy (non-hydrogen) atoms. The van der Waals surface area contributed by atoms with Gasteiger partial charge < -0.3 is 15.5 Å². The van der Waals surface area contributed by atoms with Crippen LogP contribution in [-0.2, 0) is 0 Å². The van der Waals surface area contributed by atoms with E-state index in [9.17, 15) is 9.59 Å².